The van der Waals surface area contributed by atoms with Crippen LogP contribution in [0.5, 0.6) is 5.75 Å². The van der Waals surface area contributed by atoms with Crippen LogP contribution in [0.2, 0.25) is 0 Å². The van der Waals surface area contributed by atoms with Gasteiger partial charge in [-0.25, -0.2) is 0 Å². The largest absolute Gasteiger partial charge is 0.493 e. The van der Waals surface area contributed by atoms with Crippen LogP contribution < -0.4 is 4.74 Å². The maximum Gasteiger partial charge on any atom is 0.307 e. The lowest BCUT2D eigenvalue weighted by Crippen LogP contribution is -2.48. The van der Waals surface area contributed by atoms with Gasteiger partial charge in [0.1, 0.15) is 11.4 Å². The van der Waals surface area contributed by atoms with E-state index in [1.807, 2.05) is 49.9 Å². The summed E-state index contributed by atoms with van der Waals surface area (Å²) < 4.78 is 11.3. The van der Waals surface area contributed by atoms with Gasteiger partial charge >= 0.3 is 5.97 Å². The molecule has 0 N–H and O–H groups in total. The molecule has 3 rings (SSSR count). The maximum atomic E-state index is 12.9. The van der Waals surface area contributed by atoms with E-state index < -0.39 is 5.60 Å². The fourth-order valence-electron chi connectivity index (χ4n) is 3.75. The molecule has 2 fully saturated rings. The van der Waals surface area contributed by atoms with Crippen molar-refractivity contribution in [3.8, 4) is 5.75 Å². The normalized spacial score (nSPS) is 25.6. The van der Waals surface area contributed by atoms with Crippen molar-refractivity contribution in [3.05, 3.63) is 29.8 Å². The second-order valence-corrected chi connectivity index (χ2v) is 7.70. The second-order valence-electron chi connectivity index (χ2n) is 7.70. The Hall–Kier alpha value is -2.04. The summed E-state index contributed by atoms with van der Waals surface area (Å²) in [5.41, 5.74) is 0.410. The smallest absolute Gasteiger partial charge is 0.307 e. The number of aryl methyl sites for hydroxylation is 1. The van der Waals surface area contributed by atoms with E-state index in [2.05, 4.69) is 0 Å². The van der Waals surface area contributed by atoms with Gasteiger partial charge in [0.05, 0.1) is 18.9 Å². The molecule has 5 nitrogen and oxygen atoms in total. The maximum absolute atomic E-state index is 12.9. The second kappa shape index (κ2) is 7.06. The van der Waals surface area contributed by atoms with Crippen LogP contribution in [-0.4, -0.2) is 42.1 Å². The number of nitrogens with zero attached hydrogens (tertiary/aromatic N) is 1. The molecule has 1 aromatic rings. The molecule has 1 amide bonds. The number of hydrogen-bond donors (Lipinski definition) is 0. The summed E-state index contributed by atoms with van der Waals surface area (Å²) in [7, 11) is 0. The van der Waals surface area contributed by atoms with Gasteiger partial charge in [-0.2, -0.15) is 0 Å². The van der Waals surface area contributed by atoms with Crippen molar-refractivity contribution in [1.29, 1.82) is 0 Å². The molecular weight excluding hydrogens is 318 g/mol. The molecule has 0 spiro atoms. The average Bonchev–Trinajstić information content (AvgIpc) is 2.86. The first-order chi connectivity index (χ1) is 11.9. The fraction of sp³-hybridized carbons (Fsp3) is 0.600. The first-order valence-corrected chi connectivity index (χ1v) is 9.06. The highest BCUT2D eigenvalue weighted by Crippen LogP contribution is 2.34. The van der Waals surface area contributed by atoms with E-state index in [0.717, 1.165) is 30.7 Å². The Morgan fingerprint density at radius 1 is 1.36 bits per heavy atom. The lowest BCUT2D eigenvalue weighted by Gasteiger charge is -2.36. The Morgan fingerprint density at radius 3 is 2.80 bits per heavy atom. The summed E-state index contributed by atoms with van der Waals surface area (Å²) in [5.74, 6) is 0.604. The standard InChI is InChI=1S/C20H27NO4/c1-14-7-4-5-9-17(14)24-13-15-8-6-10-21(12-15)19(23)16-11-18(22)25-20(16,2)3/h4-5,7,9,15-16H,6,8,10-13H2,1-3H3. The minimum atomic E-state index is -0.710. The van der Waals surface area contributed by atoms with Gasteiger partial charge in [-0.05, 0) is 45.2 Å². The minimum absolute atomic E-state index is 0.0384. The molecule has 2 aliphatic heterocycles. The topological polar surface area (TPSA) is 55.8 Å². The Balaban J connectivity index is 1.58. The molecule has 25 heavy (non-hydrogen) atoms. The lowest BCUT2D eigenvalue weighted by atomic mass is 9.88. The van der Waals surface area contributed by atoms with E-state index in [9.17, 15) is 9.59 Å². The number of ether oxygens (including phenoxy) is 2. The first kappa shape index (κ1) is 17.8. The van der Waals surface area contributed by atoms with Crippen LogP contribution in [0.1, 0.15) is 38.7 Å². The molecule has 136 valence electrons. The van der Waals surface area contributed by atoms with Gasteiger partial charge in [-0.15, -0.1) is 0 Å². The van der Waals surface area contributed by atoms with E-state index in [1.54, 1.807) is 0 Å². The molecule has 2 heterocycles. The van der Waals surface area contributed by atoms with Crippen LogP contribution in [0, 0.1) is 18.8 Å². The van der Waals surface area contributed by atoms with E-state index in [0.29, 0.717) is 19.1 Å². The number of carbonyl (C=O) groups is 2. The number of piperidine rings is 1. The van der Waals surface area contributed by atoms with E-state index in [4.69, 9.17) is 9.47 Å². The summed E-state index contributed by atoms with van der Waals surface area (Å²) in [6, 6.07) is 7.98. The van der Waals surface area contributed by atoms with Gasteiger partial charge in [0, 0.05) is 19.0 Å². The van der Waals surface area contributed by atoms with Gasteiger partial charge in [0.2, 0.25) is 5.91 Å². The first-order valence-electron chi connectivity index (χ1n) is 9.06. The summed E-state index contributed by atoms with van der Waals surface area (Å²) >= 11 is 0. The van der Waals surface area contributed by atoms with Crippen molar-refractivity contribution >= 4 is 11.9 Å². The highest BCUT2D eigenvalue weighted by atomic mass is 16.6. The van der Waals surface area contributed by atoms with Crippen molar-refractivity contribution in [3.63, 3.8) is 0 Å². The Morgan fingerprint density at radius 2 is 2.12 bits per heavy atom. The molecule has 0 aliphatic carbocycles. The third-order valence-electron chi connectivity index (χ3n) is 5.28. The molecule has 0 bridgehead atoms. The molecule has 0 aromatic heterocycles. The number of cyclic esters (lactones) is 1. The number of rotatable bonds is 4. The van der Waals surface area contributed by atoms with Crippen molar-refractivity contribution in [1.82, 2.24) is 4.90 Å². The van der Waals surface area contributed by atoms with Gasteiger partial charge in [0.15, 0.2) is 0 Å². The zero-order valence-electron chi connectivity index (χ0n) is 15.3. The summed E-state index contributed by atoms with van der Waals surface area (Å²) in [6.07, 6.45) is 2.21. The minimum Gasteiger partial charge on any atom is -0.493 e. The summed E-state index contributed by atoms with van der Waals surface area (Å²) in [4.78, 5) is 26.4. The third kappa shape index (κ3) is 3.97. The van der Waals surface area contributed by atoms with Crippen LogP contribution in [0.4, 0.5) is 0 Å². The zero-order chi connectivity index (χ0) is 18.0. The van der Waals surface area contributed by atoms with Gasteiger partial charge < -0.3 is 14.4 Å². The molecule has 2 unspecified atom stereocenters. The number of carbonyl (C=O) groups excluding carboxylic acids is 2. The molecular formula is C20H27NO4. The lowest BCUT2D eigenvalue weighted by molar-refractivity contribution is -0.149. The number of likely N-dealkylation sites (tertiary alicyclic amines) is 1. The Kier molecular flexibility index (Phi) is 5.02. The molecule has 0 saturated carbocycles. The number of para-hydroxylation sites is 1. The predicted octanol–water partition coefficient (Wildman–Crippen LogP) is 2.95. The summed E-state index contributed by atoms with van der Waals surface area (Å²) in [6.45, 7) is 7.72. The van der Waals surface area contributed by atoms with E-state index in [-0.39, 0.29) is 24.2 Å². The molecule has 2 aliphatic rings. The van der Waals surface area contributed by atoms with Crippen LogP contribution >= 0.6 is 0 Å². The molecule has 2 saturated heterocycles. The van der Waals surface area contributed by atoms with Crippen LogP contribution in [-0.2, 0) is 14.3 Å². The fourth-order valence-corrected chi connectivity index (χ4v) is 3.75. The Labute approximate surface area is 149 Å². The van der Waals surface area contributed by atoms with Gasteiger partial charge in [0.25, 0.3) is 0 Å². The number of esters is 1. The van der Waals surface area contributed by atoms with E-state index in [1.165, 1.54) is 0 Å². The number of amides is 1. The monoisotopic (exact) mass is 345 g/mol. The molecule has 2 atom stereocenters. The van der Waals surface area contributed by atoms with Crippen molar-refractivity contribution in [2.45, 2.75) is 45.6 Å². The predicted molar refractivity (Wildman–Crippen MR) is 94.3 cm³/mol. The van der Waals surface area contributed by atoms with Crippen molar-refractivity contribution in [2.75, 3.05) is 19.7 Å². The quantitative estimate of drug-likeness (QED) is 0.787. The SMILES string of the molecule is Cc1ccccc1OCC1CCCN(C(=O)C2CC(=O)OC2(C)C)C1. The van der Waals surface area contributed by atoms with Crippen LogP contribution in [0.15, 0.2) is 24.3 Å². The molecule has 0 radical (unpaired) electrons. The van der Waals surface area contributed by atoms with Crippen molar-refractivity contribution in [2.24, 2.45) is 11.8 Å². The molecule has 1 aromatic carbocycles. The van der Waals surface area contributed by atoms with Gasteiger partial charge in [-0.3, -0.25) is 9.59 Å². The van der Waals surface area contributed by atoms with Gasteiger partial charge in [-0.1, -0.05) is 18.2 Å². The number of benzene rings is 1. The zero-order valence-corrected chi connectivity index (χ0v) is 15.3. The third-order valence-corrected chi connectivity index (χ3v) is 5.28. The van der Waals surface area contributed by atoms with Crippen molar-refractivity contribution < 1.29 is 19.1 Å². The van der Waals surface area contributed by atoms with E-state index >= 15 is 0 Å². The number of hydrogen-bond acceptors (Lipinski definition) is 4. The Bertz CT molecular complexity index is 655. The average molecular weight is 345 g/mol. The highest BCUT2D eigenvalue weighted by Gasteiger charge is 2.47. The molecule has 5 heteroatoms. The summed E-state index contributed by atoms with van der Waals surface area (Å²) in [5, 5.41) is 0. The van der Waals surface area contributed by atoms with Crippen LogP contribution in [0.25, 0.3) is 0 Å². The highest BCUT2D eigenvalue weighted by molar-refractivity contribution is 5.87. The van der Waals surface area contributed by atoms with Crippen LogP contribution in [0.3, 0.4) is 0 Å².